The van der Waals surface area contributed by atoms with E-state index in [4.69, 9.17) is 0 Å². The Morgan fingerprint density at radius 2 is 2.18 bits per heavy atom. The van der Waals surface area contributed by atoms with Crippen LogP contribution in [0.25, 0.3) is 0 Å². The highest BCUT2D eigenvalue weighted by Gasteiger charge is 2.05. The smallest absolute Gasteiger partial charge is 0.127 e. The predicted octanol–water partition coefficient (Wildman–Crippen LogP) is 3.76. The quantitative estimate of drug-likeness (QED) is 0.745. The van der Waals surface area contributed by atoms with Gasteiger partial charge in [0.15, 0.2) is 0 Å². The Bertz CT molecular complexity index is 341. The van der Waals surface area contributed by atoms with Crippen molar-refractivity contribution in [3.05, 3.63) is 35.1 Å². The maximum absolute atomic E-state index is 13.5. The molecule has 0 aliphatic rings. The lowest BCUT2D eigenvalue weighted by molar-refractivity contribution is 0.519. The molecule has 0 amide bonds. The van der Waals surface area contributed by atoms with E-state index in [1.807, 2.05) is 24.8 Å². The molecule has 0 bridgehead atoms. The van der Waals surface area contributed by atoms with E-state index in [-0.39, 0.29) is 5.82 Å². The van der Waals surface area contributed by atoms with Gasteiger partial charge in [-0.15, -0.1) is 0 Å². The normalized spacial score (nSPS) is 12.7. The van der Waals surface area contributed by atoms with Gasteiger partial charge in [0.05, 0.1) is 0 Å². The third-order valence-electron chi connectivity index (χ3n) is 2.74. The van der Waals surface area contributed by atoms with E-state index < -0.39 is 0 Å². The molecule has 1 atom stereocenters. The van der Waals surface area contributed by atoms with Gasteiger partial charge in [0.1, 0.15) is 5.82 Å². The third-order valence-corrected chi connectivity index (χ3v) is 3.67. The van der Waals surface area contributed by atoms with Crippen LogP contribution in [0.5, 0.6) is 0 Å². The summed E-state index contributed by atoms with van der Waals surface area (Å²) in [6.45, 7) is 6.94. The average Bonchev–Trinajstić information content (AvgIpc) is 2.31. The molecule has 96 valence electrons. The minimum absolute atomic E-state index is 0.113. The van der Waals surface area contributed by atoms with Gasteiger partial charge in [-0.05, 0) is 37.8 Å². The second kappa shape index (κ2) is 7.72. The lowest BCUT2D eigenvalue weighted by Gasteiger charge is -2.14. The maximum Gasteiger partial charge on any atom is 0.127 e. The van der Waals surface area contributed by atoms with Crippen LogP contribution in [0.15, 0.2) is 18.2 Å². The molecule has 17 heavy (non-hydrogen) atoms. The van der Waals surface area contributed by atoms with E-state index in [1.54, 1.807) is 12.1 Å². The first-order chi connectivity index (χ1) is 8.13. The van der Waals surface area contributed by atoms with Crippen LogP contribution in [-0.2, 0) is 6.54 Å². The van der Waals surface area contributed by atoms with Gasteiger partial charge in [-0.1, -0.05) is 24.6 Å². The highest BCUT2D eigenvalue weighted by atomic mass is 32.2. The molecule has 1 unspecified atom stereocenters. The number of hydrogen-bond acceptors (Lipinski definition) is 2. The Morgan fingerprint density at radius 3 is 2.88 bits per heavy atom. The van der Waals surface area contributed by atoms with Crippen LogP contribution in [0.3, 0.4) is 0 Å². The number of benzene rings is 1. The largest absolute Gasteiger partial charge is 0.310 e. The molecule has 3 heteroatoms. The van der Waals surface area contributed by atoms with E-state index in [9.17, 15) is 4.39 Å². The van der Waals surface area contributed by atoms with Crippen LogP contribution < -0.4 is 5.32 Å². The van der Waals surface area contributed by atoms with Crippen molar-refractivity contribution in [2.45, 2.75) is 39.8 Å². The molecule has 1 nitrogen and oxygen atoms in total. The molecule has 0 saturated heterocycles. The highest BCUT2D eigenvalue weighted by Crippen LogP contribution is 2.10. The summed E-state index contributed by atoms with van der Waals surface area (Å²) in [4.78, 5) is 0. The van der Waals surface area contributed by atoms with Gasteiger partial charge in [-0.25, -0.2) is 4.39 Å². The van der Waals surface area contributed by atoms with E-state index in [1.165, 1.54) is 11.5 Å². The standard InChI is InChI=1S/C14H22FNS/c1-4-17-8-7-12(3)16-10-13-9-11(2)5-6-14(13)15/h5-6,9,12,16H,4,7-8,10H2,1-3H3. The first-order valence-corrected chi connectivity index (χ1v) is 7.35. The SMILES string of the molecule is CCSCCC(C)NCc1cc(C)ccc1F. The average molecular weight is 255 g/mol. The molecule has 1 rings (SSSR count). The summed E-state index contributed by atoms with van der Waals surface area (Å²) >= 11 is 1.95. The molecule has 0 radical (unpaired) electrons. The Labute approximate surface area is 108 Å². The number of halogens is 1. The van der Waals surface area contributed by atoms with Crippen molar-refractivity contribution in [1.82, 2.24) is 5.32 Å². The second-order valence-corrected chi connectivity index (χ2v) is 5.76. The van der Waals surface area contributed by atoms with Crippen LogP contribution in [0.1, 0.15) is 31.4 Å². The molecular formula is C14H22FNS. The fourth-order valence-electron chi connectivity index (χ4n) is 1.63. The lowest BCUT2D eigenvalue weighted by Crippen LogP contribution is -2.26. The first kappa shape index (κ1) is 14.5. The summed E-state index contributed by atoms with van der Waals surface area (Å²) in [6.07, 6.45) is 1.13. The number of rotatable bonds is 7. The monoisotopic (exact) mass is 255 g/mol. The van der Waals surface area contributed by atoms with E-state index >= 15 is 0 Å². The van der Waals surface area contributed by atoms with Crippen molar-refractivity contribution in [1.29, 1.82) is 0 Å². The molecule has 0 aliphatic carbocycles. The first-order valence-electron chi connectivity index (χ1n) is 6.19. The summed E-state index contributed by atoms with van der Waals surface area (Å²) in [5.74, 6) is 2.22. The Balaban J connectivity index is 2.36. The zero-order valence-corrected chi connectivity index (χ0v) is 11.7. The minimum Gasteiger partial charge on any atom is -0.310 e. The van der Waals surface area contributed by atoms with Crippen LogP contribution in [0, 0.1) is 12.7 Å². The van der Waals surface area contributed by atoms with Gasteiger partial charge < -0.3 is 5.32 Å². The topological polar surface area (TPSA) is 12.0 Å². The molecule has 1 aromatic carbocycles. The van der Waals surface area contributed by atoms with Crippen LogP contribution >= 0.6 is 11.8 Å². The van der Waals surface area contributed by atoms with Gasteiger partial charge in [0.25, 0.3) is 0 Å². The second-order valence-electron chi connectivity index (χ2n) is 4.36. The Morgan fingerprint density at radius 1 is 1.41 bits per heavy atom. The van der Waals surface area contributed by atoms with Crippen LogP contribution in [0.2, 0.25) is 0 Å². The van der Waals surface area contributed by atoms with E-state index in [0.717, 1.165) is 17.5 Å². The zero-order valence-electron chi connectivity index (χ0n) is 10.9. The van der Waals surface area contributed by atoms with Crippen molar-refractivity contribution in [3.63, 3.8) is 0 Å². The predicted molar refractivity (Wildman–Crippen MR) is 75.1 cm³/mol. The summed E-state index contributed by atoms with van der Waals surface area (Å²) < 4.78 is 13.5. The maximum atomic E-state index is 13.5. The summed E-state index contributed by atoms with van der Waals surface area (Å²) in [5, 5.41) is 3.37. The molecular weight excluding hydrogens is 233 g/mol. The Kier molecular flexibility index (Phi) is 6.60. The van der Waals surface area contributed by atoms with Gasteiger partial charge in [0, 0.05) is 18.2 Å². The van der Waals surface area contributed by atoms with Crippen molar-refractivity contribution in [2.75, 3.05) is 11.5 Å². The van der Waals surface area contributed by atoms with Gasteiger partial charge in [0.2, 0.25) is 0 Å². The number of nitrogens with one attached hydrogen (secondary N) is 1. The lowest BCUT2D eigenvalue weighted by atomic mass is 10.1. The molecule has 1 N–H and O–H groups in total. The molecule has 0 fully saturated rings. The zero-order chi connectivity index (χ0) is 12.7. The van der Waals surface area contributed by atoms with Gasteiger partial charge in [-0.3, -0.25) is 0 Å². The van der Waals surface area contributed by atoms with Crippen LogP contribution in [0.4, 0.5) is 4.39 Å². The van der Waals surface area contributed by atoms with Gasteiger partial charge >= 0.3 is 0 Å². The minimum atomic E-state index is -0.113. The molecule has 0 saturated carbocycles. The van der Waals surface area contributed by atoms with Crippen LogP contribution in [-0.4, -0.2) is 17.5 Å². The number of thioether (sulfide) groups is 1. The Hall–Kier alpha value is -0.540. The number of aryl methyl sites for hydroxylation is 1. The molecule has 1 aromatic rings. The molecule has 0 aromatic heterocycles. The molecule has 0 spiro atoms. The van der Waals surface area contributed by atoms with Crippen molar-refractivity contribution in [2.24, 2.45) is 0 Å². The van der Waals surface area contributed by atoms with Gasteiger partial charge in [-0.2, -0.15) is 11.8 Å². The van der Waals surface area contributed by atoms with Crippen molar-refractivity contribution in [3.8, 4) is 0 Å². The summed E-state index contributed by atoms with van der Waals surface area (Å²) in [6, 6.07) is 5.70. The summed E-state index contributed by atoms with van der Waals surface area (Å²) in [7, 11) is 0. The number of hydrogen-bond donors (Lipinski definition) is 1. The fraction of sp³-hybridized carbons (Fsp3) is 0.571. The van der Waals surface area contributed by atoms with E-state index in [0.29, 0.717) is 12.6 Å². The highest BCUT2D eigenvalue weighted by molar-refractivity contribution is 7.99. The molecule has 0 aliphatic heterocycles. The molecule has 0 heterocycles. The van der Waals surface area contributed by atoms with Crippen molar-refractivity contribution < 1.29 is 4.39 Å². The van der Waals surface area contributed by atoms with E-state index in [2.05, 4.69) is 19.2 Å². The third kappa shape index (κ3) is 5.55. The van der Waals surface area contributed by atoms with Crippen molar-refractivity contribution >= 4 is 11.8 Å². The summed E-state index contributed by atoms with van der Waals surface area (Å²) in [5.41, 5.74) is 1.87. The fourth-order valence-corrected chi connectivity index (χ4v) is 2.44.